The lowest BCUT2D eigenvalue weighted by Gasteiger charge is -2.38. The van der Waals surface area contributed by atoms with Crippen molar-refractivity contribution in [1.82, 2.24) is 4.90 Å². The van der Waals surface area contributed by atoms with Crippen molar-refractivity contribution < 1.29 is 32.9 Å². The number of ether oxygens (including phenoxy) is 4. The summed E-state index contributed by atoms with van der Waals surface area (Å²) in [7, 11) is 0. The Bertz CT molecular complexity index is 841. The minimum Gasteiger partial charge on any atom is -0.490 e. The Kier molecular flexibility index (Phi) is 5.71. The van der Waals surface area contributed by atoms with E-state index < -0.39 is 29.2 Å². The fourth-order valence-corrected chi connectivity index (χ4v) is 4.17. The lowest BCUT2D eigenvalue weighted by atomic mass is 9.94. The van der Waals surface area contributed by atoms with Gasteiger partial charge in [0.1, 0.15) is 11.3 Å². The average Bonchev–Trinajstić information content (AvgIpc) is 2.91. The highest BCUT2D eigenvalue weighted by atomic mass is 35.5. The Balaban J connectivity index is 2.12. The van der Waals surface area contributed by atoms with Crippen LogP contribution in [0.15, 0.2) is 6.07 Å². The van der Waals surface area contributed by atoms with Gasteiger partial charge >= 0.3 is 12.1 Å². The minimum atomic E-state index is -1.40. The molecule has 2 aliphatic heterocycles. The Morgan fingerprint density at radius 3 is 2.72 bits per heavy atom. The maximum Gasteiger partial charge on any atom is 0.413 e. The van der Waals surface area contributed by atoms with E-state index in [4.69, 9.17) is 30.5 Å². The number of carbonyl (C=O) groups is 2. The van der Waals surface area contributed by atoms with Gasteiger partial charge in [0.25, 0.3) is 0 Å². The number of esters is 1. The molecule has 9 heteroatoms. The van der Waals surface area contributed by atoms with Crippen molar-refractivity contribution in [2.75, 3.05) is 19.8 Å². The van der Waals surface area contributed by atoms with Crippen LogP contribution >= 0.6 is 11.6 Å². The van der Waals surface area contributed by atoms with E-state index >= 15 is 0 Å². The van der Waals surface area contributed by atoms with Crippen molar-refractivity contribution >= 4 is 23.7 Å². The van der Waals surface area contributed by atoms with Crippen LogP contribution in [0.3, 0.4) is 0 Å². The molecule has 0 aliphatic carbocycles. The van der Waals surface area contributed by atoms with E-state index in [1.807, 2.05) is 0 Å². The van der Waals surface area contributed by atoms with Crippen LogP contribution in [0.1, 0.15) is 57.0 Å². The Hall–Kier alpha value is -2.06. The second-order valence-corrected chi connectivity index (χ2v) is 8.32. The molecule has 1 saturated heterocycles. The highest BCUT2D eigenvalue weighted by molar-refractivity contribution is 6.34. The van der Waals surface area contributed by atoms with E-state index in [1.165, 1.54) is 4.90 Å². The number of carbonyl (C=O) groups excluding carboxylic acids is 2. The summed E-state index contributed by atoms with van der Waals surface area (Å²) in [6, 6.07) is 0.712. The van der Waals surface area contributed by atoms with Gasteiger partial charge in [0.2, 0.25) is 0 Å². The average molecular weight is 430 g/mol. The van der Waals surface area contributed by atoms with E-state index in [1.54, 1.807) is 34.6 Å². The first kappa shape index (κ1) is 21.6. The van der Waals surface area contributed by atoms with Gasteiger partial charge in [-0.15, -0.1) is 0 Å². The number of cyclic esters (lactones) is 1. The first-order valence-electron chi connectivity index (χ1n) is 9.48. The first-order chi connectivity index (χ1) is 13.5. The summed E-state index contributed by atoms with van der Waals surface area (Å²) in [4.78, 5) is 26.8. The van der Waals surface area contributed by atoms with Crippen LogP contribution in [0.5, 0.6) is 5.75 Å². The molecule has 160 valence electrons. The Labute approximate surface area is 174 Å². The molecule has 0 bridgehead atoms. The van der Waals surface area contributed by atoms with Crippen molar-refractivity contribution in [3.05, 3.63) is 28.0 Å². The van der Waals surface area contributed by atoms with Crippen LogP contribution in [-0.4, -0.2) is 48.5 Å². The molecule has 1 aromatic carbocycles. The van der Waals surface area contributed by atoms with Crippen molar-refractivity contribution in [1.29, 1.82) is 0 Å². The van der Waals surface area contributed by atoms with E-state index in [9.17, 15) is 14.0 Å². The predicted molar refractivity (Wildman–Crippen MR) is 103 cm³/mol. The van der Waals surface area contributed by atoms with Crippen molar-refractivity contribution in [3.63, 3.8) is 0 Å². The normalized spacial score (nSPS) is 22.8. The second kappa shape index (κ2) is 7.65. The molecule has 3 rings (SSSR count). The molecule has 29 heavy (non-hydrogen) atoms. The zero-order valence-corrected chi connectivity index (χ0v) is 17.9. The van der Waals surface area contributed by atoms with Crippen LogP contribution in [0.25, 0.3) is 0 Å². The van der Waals surface area contributed by atoms with Gasteiger partial charge in [-0.1, -0.05) is 11.6 Å². The molecular weight excluding hydrogens is 405 g/mol. The summed E-state index contributed by atoms with van der Waals surface area (Å²) in [5.41, 5.74) is -2.33. The molecule has 1 amide bonds. The first-order valence-corrected chi connectivity index (χ1v) is 9.86. The zero-order chi connectivity index (χ0) is 21.6. The van der Waals surface area contributed by atoms with E-state index in [0.29, 0.717) is 13.0 Å². The summed E-state index contributed by atoms with van der Waals surface area (Å²) in [5.74, 6) is -1.70. The third kappa shape index (κ3) is 3.88. The Morgan fingerprint density at radius 2 is 2.07 bits per heavy atom. The van der Waals surface area contributed by atoms with Crippen molar-refractivity contribution in [2.24, 2.45) is 0 Å². The number of rotatable bonds is 2. The molecular formula is C20H25ClFNO6. The number of hydrogen-bond donors (Lipinski definition) is 0. The van der Waals surface area contributed by atoms with Crippen molar-refractivity contribution in [2.45, 2.75) is 58.4 Å². The quantitative estimate of drug-likeness (QED) is 0.654. The van der Waals surface area contributed by atoms with Gasteiger partial charge in [0.05, 0.1) is 42.0 Å². The summed E-state index contributed by atoms with van der Waals surface area (Å²) < 4.78 is 37.1. The number of benzene rings is 1. The predicted octanol–water partition coefficient (Wildman–Crippen LogP) is 4.25. The third-order valence-electron chi connectivity index (χ3n) is 5.08. The van der Waals surface area contributed by atoms with E-state index in [-0.39, 0.29) is 41.2 Å². The molecule has 1 aromatic rings. The van der Waals surface area contributed by atoms with Crippen LogP contribution in [0.4, 0.5) is 9.18 Å². The van der Waals surface area contributed by atoms with Crippen LogP contribution in [-0.2, 0) is 19.8 Å². The van der Waals surface area contributed by atoms with Gasteiger partial charge in [-0.3, -0.25) is 4.90 Å². The molecule has 0 spiro atoms. The highest BCUT2D eigenvalue weighted by Crippen LogP contribution is 2.44. The summed E-state index contributed by atoms with van der Waals surface area (Å²) in [6.07, 6.45) is -0.205. The molecule has 1 atom stereocenters. The number of halogens is 2. The van der Waals surface area contributed by atoms with Gasteiger partial charge in [-0.05, 0) is 40.7 Å². The number of hydrogen-bond acceptors (Lipinski definition) is 6. The fourth-order valence-electron chi connectivity index (χ4n) is 3.73. The molecule has 2 heterocycles. The summed E-state index contributed by atoms with van der Waals surface area (Å²) >= 11 is 6.47. The van der Waals surface area contributed by atoms with E-state index in [0.717, 1.165) is 6.07 Å². The van der Waals surface area contributed by atoms with Gasteiger partial charge in [0, 0.05) is 6.42 Å². The summed E-state index contributed by atoms with van der Waals surface area (Å²) in [6.45, 7) is 8.86. The molecule has 0 N–H and O–H groups in total. The zero-order valence-electron chi connectivity index (χ0n) is 17.1. The lowest BCUT2D eigenvalue weighted by molar-refractivity contribution is -0.0685. The molecule has 0 unspecified atom stereocenters. The van der Waals surface area contributed by atoms with Gasteiger partial charge < -0.3 is 18.9 Å². The number of amides is 1. The van der Waals surface area contributed by atoms with Crippen LogP contribution in [0, 0.1) is 5.82 Å². The molecule has 0 radical (unpaired) electrons. The van der Waals surface area contributed by atoms with Gasteiger partial charge in [-0.25, -0.2) is 14.0 Å². The second-order valence-electron chi connectivity index (χ2n) is 7.94. The fraction of sp³-hybridized carbons (Fsp3) is 0.600. The standard InChI is InChI=1S/C20H25ClFNO6/c1-6-26-17(24)12-9-13(22)16-14(15(12)21)19(2,3)29-18(25)23-11(7-8-27-16)10-28-20(23,4)5/h9,11H,6-8,10H2,1-5H3/t11-/m1/s1. The van der Waals surface area contributed by atoms with Gasteiger partial charge in [0.15, 0.2) is 11.6 Å². The SMILES string of the molecule is CCOC(=O)c1cc(F)c2c(c1Cl)C(C)(C)OC(=O)N1[C@H](CCO2)COC1(C)C. The molecule has 7 nitrogen and oxygen atoms in total. The molecule has 0 saturated carbocycles. The maximum atomic E-state index is 14.9. The summed E-state index contributed by atoms with van der Waals surface area (Å²) in [5, 5.41) is -0.0771. The minimum absolute atomic E-state index is 0.0759. The highest BCUT2D eigenvalue weighted by Gasteiger charge is 2.47. The molecule has 1 fully saturated rings. The molecule has 2 aliphatic rings. The van der Waals surface area contributed by atoms with Gasteiger partial charge in [-0.2, -0.15) is 0 Å². The third-order valence-corrected chi connectivity index (χ3v) is 5.47. The Morgan fingerprint density at radius 1 is 1.38 bits per heavy atom. The van der Waals surface area contributed by atoms with Crippen molar-refractivity contribution in [3.8, 4) is 5.75 Å². The van der Waals surface area contributed by atoms with E-state index in [2.05, 4.69) is 0 Å². The lowest BCUT2D eigenvalue weighted by Crippen LogP contribution is -2.50. The topological polar surface area (TPSA) is 74.3 Å². The molecule has 0 aromatic heterocycles. The largest absolute Gasteiger partial charge is 0.490 e. The van der Waals surface area contributed by atoms with Crippen LogP contribution in [0.2, 0.25) is 5.02 Å². The maximum absolute atomic E-state index is 14.9. The monoisotopic (exact) mass is 429 g/mol. The van der Waals surface area contributed by atoms with Crippen LogP contribution < -0.4 is 4.74 Å². The number of nitrogens with zero attached hydrogens (tertiary/aromatic N) is 1. The number of fused-ring (bicyclic) bond motifs is 2. The smallest absolute Gasteiger partial charge is 0.413 e.